The molecule has 0 spiro atoms. The Morgan fingerprint density at radius 1 is 1.27 bits per heavy atom. The average molecular weight is 414 g/mol. The number of nitrogens with zero attached hydrogens (tertiary/aromatic N) is 1. The predicted octanol–water partition coefficient (Wildman–Crippen LogP) is 4.46. The van der Waals surface area contributed by atoms with Crippen LogP contribution in [0.25, 0.3) is 0 Å². The van der Waals surface area contributed by atoms with Crippen molar-refractivity contribution < 1.29 is 9.53 Å². The molecule has 134 valence electrons. The fraction of sp³-hybridized carbons (Fsp3) is 0.200. The molecule has 0 heterocycles. The largest absolute Gasteiger partial charge is 0.497 e. The summed E-state index contributed by atoms with van der Waals surface area (Å²) in [5.74, 6) is 0.316. The van der Waals surface area contributed by atoms with Crippen molar-refractivity contribution in [1.82, 2.24) is 5.32 Å². The Kier molecular flexibility index (Phi) is 6.81. The van der Waals surface area contributed by atoms with Crippen LogP contribution in [0, 0.1) is 18.3 Å². The van der Waals surface area contributed by atoms with E-state index in [9.17, 15) is 10.1 Å². The molecule has 6 heteroatoms. The average Bonchev–Trinajstić information content (AvgIpc) is 2.65. The number of nitrogens with one attached hydrogen (secondary N) is 2. The maximum absolute atomic E-state index is 12.3. The Morgan fingerprint density at radius 3 is 2.54 bits per heavy atom. The maximum Gasteiger partial charge on any atom is 0.263 e. The number of ether oxygens (including phenoxy) is 1. The van der Waals surface area contributed by atoms with E-state index in [1.165, 1.54) is 6.20 Å². The quantitative estimate of drug-likeness (QED) is 0.541. The summed E-state index contributed by atoms with van der Waals surface area (Å²) >= 11 is 3.44. The summed E-state index contributed by atoms with van der Waals surface area (Å²) in [7, 11) is 1.60. The Morgan fingerprint density at radius 2 is 1.96 bits per heavy atom. The van der Waals surface area contributed by atoms with Crippen LogP contribution in [0.1, 0.15) is 24.1 Å². The molecule has 0 aliphatic rings. The number of benzene rings is 2. The Labute approximate surface area is 161 Å². The summed E-state index contributed by atoms with van der Waals surface area (Å²) in [5, 5.41) is 15.1. The van der Waals surface area contributed by atoms with Crippen LogP contribution in [0.3, 0.4) is 0 Å². The molecule has 2 aromatic rings. The molecule has 0 fully saturated rings. The molecule has 0 saturated heterocycles. The van der Waals surface area contributed by atoms with E-state index in [1.807, 2.05) is 62.4 Å². The molecule has 0 bridgehead atoms. The number of hydrogen-bond donors (Lipinski definition) is 2. The van der Waals surface area contributed by atoms with E-state index in [2.05, 4.69) is 26.6 Å². The number of methoxy groups -OCH3 is 1. The number of rotatable bonds is 6. The van der Waals surface area contributed by atoms with Crippen molar-refractivity contribution in [2.75, 3.05) is 12.4 Å². The van der Waals surface area contributed by atoms with Crippen LogP contribution in [-0.2, 0) is 4.79 Å². The van der Waals surface area contributed by atoms with Crippen molar-refractivity contribution in [2.24, 2.45) is 0 Å². The number of carbonyl (C=O) groups excluding carboxylic acids is 1. The van der Waals surface area contributed by atoms with E-state index in [4.69, 9.17) is 4.74 Å². The molecule has 0 aromatic heterocycles. The summed E-state index contributed by atoms with van der Waals surface area (Å²) in [4.78, 5) is 12.3. The summed E-state index contributed by atoms with van der Waals surface area (Å²) in [6.45, 7) is 3.83. The molecule has 0 saturated carbocycles. The Hall–Kier alpha value is -2.78. The minimum absolute atomic E-state index is 0.00549. The number of halogens is 1. The third-order valence-electron chi connectivity index (χ3n) is 3.87. The number of nitriles is 1. The van der Waals surface area contributed by atoms with Gasteiger partial charge in [0.15, 0.2) is 0 Å². The number of amides is 1. The van der Waals surface area contributed by atoms with Gasteiger partial charge in [0.25, 0.3) is 5.91 Å². The highest BCUT2D eigenvalue weighted by atomic mass is 79.9. The van der Waals surface area contributed by atoms with Crippen molar-refractivity contribution in [2.45, 2.75) is 19.9 Å². The third kappa shape index (κ3) is 5.11. The molecule has 1 atom stereocenters. The highest BCUT2D eigenvalue weighted by Crippen LogP contribution is 2.20. The molecule has 1 unspecified atom stereocenters. The Balaban J connectivity index is 2.04. The smallest absolute Gasteiger partial charge is 0.263 e. The van der Waals surface area contributed by atoms with Crippen molar-refractivity contribution in [1.29, 1.82) is 5.26 Å². The van der Waals surface area contributed by atoms with Crippen molar-refractivity contribution in [3.05, 3.63) is 69.8 Å². The van der Waals surface area contributed by atoms with Crippen LogP contribution in [-0.4, -0.2) is 13.0 Å². The summed E-state index contributed by atoms with van der Waals surface area (Å²) in [6, 6.07) is 14.8. The zero-order valence-electron chi connectivity index (χ0n) is 14.8. The van der Waals surface area contributed by atoms with Crippen molar-refractivity contribution in [3.63, 3.8) is 0 Å². The third-order valence-corrected chi connectivity index (χ3v) is 4.76. The maximum atomic E-state index is 12.3. The number of carbonyl (C=O) groups is 1. The lowest BCUT2D eigenvalue weighted by Crippen LogP contribution is -2.28. The molecule has 0 radical (unpaired) electrons. The van der Waals surface area contributed by atoms with Gasteiger partial charge in [-0.3, -0.25) is 4.79 Å². The fourth-order valence-corrected chi connectivity index (χ4v) is 2.54. The van der Waals surface area contributed by atoms with Gasteiger partial charge in [-0.05, 0) is 55.3 Å². The molecule has 2 rings (SSSR count). The summed E-state index contributed by atoms with van der Waals surface area (Å²) in [5.41, 5.74) is 2.79. The van der Waals surface area contributed by atoms with E-state index in [0.717, 1.165) is 27.0 Å². The van der Waals surface area contributed by atoms with Crippen LogP contribution in [0.15, 0.2) is 58.7 Å². The van der Waals surface area contributed by atoms with Gasteiger partial charge >= 0.3 is 0 Å². The van der Waals surface area contributed by atoms with Crippen LogP contribution >= 0.6 is 15.9 Å². The second-order valence-electron chi connectivity index (χ2n) is 5.75. The first-order chi connectivity index (χ1) is 12.4. The Bertz CT molecular complexity index is 854. The first-order valence-electron chi connectivity index (χ1n) is 8.02. The normalized spacial score (nSPS) is 12.0. The molecule has 26 heavy (non-hydrogen) atoms. The van der Waals surface area contributed by atoms with Gasteiger partial charge in [0.1, 0.15) is 17.4 Å². The van der Waals surface area contributed by atoms with Gasteiger partial charge in [-0.15, -0.1) is 0 Å². The zero-order valence-corrected chi connectivity index (χ0v) is 16.4. The fourth-order valence-electron chi connectivity index (χ4n) is 2.29. The van der Waals surface area contributed by atoms with Gasteiger partial charge in [-0.2, -0.15) is 5.26 Å². The van der Waals surface area contributed by atoms with Crippen LogP contribution < -0.4 is 15.4 Å². The molecular formula is C20H20BrN3O2. The van der Waals surface area contributed by atoms with E-state index in [0.29, 0.717) is 0 Å². The van der Waals surface area contributed by atoms with E-state index in [-0.39, 0.29) is 11.6 Å². The lowest BCUT2D eigenvalue weighted by Gasteiger charge is -2.14. The van der Waals surface area contributed by atoms with Gasteiger partial charge < -0.3 is 15.4 Å². The summed E-state index contributed by atoms with van der Waals surface area (Å²) < 4.78 is 6.12. The van der Waals surface area contributed by atoms with Crippen LogP contribution in [0.2, 0.25) is 0 Å². The van der Waals surface area contributed by atoms with E-state index in [1.54, 1.807) is 7.11 Å². The molecule has 5 nitrogen and oxygen atoms in total. The van der Waals surface area contributed by atoms with Gasteiger partial charge in [0.05, 0.1) is 13.2 Å². The number of anilines is 1. The van der Waals surface area contributed by atoms with E-state index >= 15 is 0 Å². The SMILES string of the molecule is COc1ccc(C(C)NC(=O)/C(C#N)=C\Nc2ccc(Br)c(C)c2)cc1. The van der Waals surface area contributed by atoms with Crippen molar-refractivity contribution >= 4 is 27.5 Å². The standard InChI is InChI=1S/C20H20BrN3O2/c1-13-10-17(6-9-19(13)21)23-12-16(11-22)20(25)24-14(2)15-4-7-18(26-3)8-5-15/h4-10,12,14,23H,1-3H3,(H,24,25)/b16-12-. The minimum atomic E-state index is -0.433. The monoisotopic (exact) mass is 413 g/mol. The lowest BCUT2D eigenvalue weighted by molar-refractivity contribution is -0.117. The van der Waals surface area contributed by atoms with E-state index < -0.39 is 5.91 Å². The predicted molar refractivity (Wildman–Crippen MR) is 106 cm³/mol. The van der Waals surface area contributed by atoms with Gasteiger partial charge in [0.2, 0.25) is 0 Å². The minimum Gasteiger partial charge on any atom is -0.497 e. The molecule has 2 N–H and O–H groups in total. The lowest BCUT2D eigenvalue weighted by atomic mass is 10.1. The molecule has 0 aliphatic carbocycles. The second kappa shape index (κ2) is 9.07. The van der Waals surface area contributed by atoms with Crippen LogP contribution in [0.5, 0.6) is 5.75 Å². The second-order valence-corrected chi connectivity index (χ2v) is 6.60. The zero-order chi connectivity index (χ0) is 19.1. The molecule has 2 aromatic carbocycles. The van der Waals surface area contributed by atoms with Gasteiger partial charge in [0, 0.05) is 16.4 Å². The van der Waals surface area contributed by atoms with Crippen LogP contribution in [0.4, 0.5) is 5.69 Å². The number of hydrogen-bond acceptors (Lipinski definition) is 4. The van der Waals surface area contributed by atoms with Gasteiger partial charge in [-0.25, -0.2) is 0 Å². The first-order valence-corrected chi connectivity index (χ1v) is 8.81. The van der Waals surface area contributed by atoms with Crippen molar-refractivity contribution in [3.8, 4) is 11.8 Å². The highest BCUT2D eigenvalue weighted by molar-refractivity contribution is 9.10. The topological polar surface area (TPSA) is 74.1 Å². The van der Waals surface area contributed by atoms with Gasteiger partial charge in [-0.1, -0.05) is 28.1 Å². The highest BCUT2D eigenvalue weighted by Gasteiger charge is 2.14. The molecule has 0 aliphatic heterocycles. The first kappa shape index (κ1) is 19.5. The number of aryl methyl sites for hydroxylation is 1. The summed E-state index contributed by atoms with van der Waals surface area (Å²) in [6.07, 6.45) is 1.42. The molecular weight excluding hydrogens is 394 g/mol. The molecule has 1 amide bonds.